The van der Waals surface area contributed by atoms with Crippen molar-refractivity contribution in [3.63, 3.8) is 0 Å². The predicted octanol–water partition coefficient (Wildman–Crippen LogP) is 19.1. The van der Waals surface area contributed by atoms with Crippen LogP contribution in [0.2, 0.25) is 0 Å². The largest absolute Gasteiger partial charge is 0.311 e. The van der Waals surface area contributed by atoms with Crippen LogP contribution < -0.4 is 4.90 Å². The molecule has 0 aliphatic carbocycles. The Kier molecular flexibility index (Phi) is 11.0. The van der Waals surface area contributed by atoms with E-state index < -0.39 is 0 Å². The molecule has 0 radical (unpaired) electrons. The van der Waals surface area contributed by atoms with Gasteiger partial charge in [0.2, 0.25) is 0 Å². The molecule has 0 aromatic heterocycles. The summed E-state index contributed by atoms with van der Waals surface area (Å²) in [6, 6.07) is 103. The van der Waals surface area contributed by atoms with Crippen molar-refractivity contribution in [2.24, 2.45) is 0 Å². The molecule has 0 spiro atoms. The molecule has 0 fully saturated rings. The van der Waals surface area contributed by atoms with E-state index in [9.17, 15) is 0 Å². The molecule has 0 saturated carbocycles. The van der Waals surface area contributed by atoms with Gasteiger partial charge in [0.15, 0.2) is 0 Å². The van der Waals surface area contributed by atoms with Gasteiger partial charge >= 0.3 is 0 Å². The van der Waals surface area contributed by atoms with Crippen LogP contribution in [0.4, 0.5) is 17.1 Å². The summed E-state index contributed by atoms with van der Waals surface area (Å²) in [5, 5.41) is 5.05. The molecule has 0 aliphatic heterocycles. The summed E-state index contributed by atoms with van der Waals surface area (Å²) >= 11 is 0. The smallest absolute Gasteiger partial charge is 0.0462 e. The first-order valence-electron chi connectivity index (χ1n) is 23.7. The molecule has 324 valence electrons. The Morgan fingerprint density at radius 3 is 0.942 bits per heavy atom. The minimum absolute atomic E-state index is 1.08. The molecule has 0 aliphatic rings. The van der Waals surface area contributed by atoms with Crippen molar-refractivity contribution in [3.8, 4) is 77.9 Å². The van der Waals surface area contributed by atoms with Crippen LogP contribution in [0.5, 0.6) is 0 Å². The van der Waals surface area contributed by atoms with Crippen molar-refractivity contribution in [1.29, 1.82) is 0 Å². The van der Waals surface area contributed by atoms with E-state index in [0.717, 1.165) is 22.6 Å². The van der Waals surface area contributed by atoms with Crippen molar-refractivity contribution in [3.05, 3.63) is 285 Å². The van der Waals surface area contributed by atoms with Gasteiger partial charge in [0.05, 0.1) is 0 Å². The Labute approximate surface area is 404 Å². The Bertz CT molecular complexity index is 3720. The van der Waals surface area contributed by atoms with E-state index >= 15 is 0 Å². The van der Waals surface area contributed by atoms with E-state index in [1.807, 2.05) is 0 Å². The standard InChI is InChI=1S/C68H47N/c1-3-17-48(18-4-1)49-31-33-50(34-32-49)51-35-41-56(42-36-51)69(58-45-39-54(40-46-58)68-47-55-21-7-8-24-61(55)64-27-13-16-30-67(64)68)57-43-37-53(38-44-57)60-23-10-12-26-63(60)66-29-15-14-28-65(66)62-25-11-9-22-59(62)52-19-5-2-6-20-52/h1-47H. The second kappa shape index (κ2) is 18.3. The molecule has 69 heavy (non-hydrogen) atoms. The molecule has 0 saturated heterocycles. The number of fused-ring (bicyclic) bond motifs is 3. The normalized spacial score (nSPS) is 11.2. The summed E-state index contributed by atoms with van der Waals surface area (Å²) in [4.78, 5) is 2.37. The number of anilines is 3. The quantitative estimate of drug-likeness (QED) is 0.124. The van der Waals surface area contributed by atoms with Crippen LogP contribution in [0.15, 0.2) is 285 Å². The highest BCUT2D eigenvalue weighted by atomic mass is 15.1. The van der Waals surface area contributed by atoms with Gasteiger partial charge in [-0.3, -0.25) is 0 Å². The van der Waals surface area contributed by atoms with Gasteiger partial charge in [-0.1, -0.05) is 243 Å². The zero-order chi connectivity index (χ0) is 45.9. The SMILES string of the molecule is c1ccc(-c2ccc(-c3ccc(N(c4ccc(-c5ccccc5-c5ccccc5-c5ccccc5-c5ccccc5)cc4)c4ccc(-c5cc6ccccc6c6ccccc56)cc4)cc3)cc2)cc1. The molecule has 12 aromatic rings. The maximum absolute atomic E-state index is 2.37. The molecule has 12 rings (SSSR count). The summed E-state index contributed by atoms with van der Waals surface area (Å²) in [6.45, 7) is 0. The second-order valence-corrected chi connectivity index (χ2v) is 17.6. The lowest BCUT2D eigenvalue weighted by atomic mass is 9.87. The highest BCUT2D eigenvalue weighted by molar-refractivity contribution is 6.13. The first-order chi connectivity index (χ1) is 34.2. The molecule has 0 unspecified atom stereocenters. The van der Waals surface area contributed by atoms with Gasteiger partial charge in [0.1, 0.15) is 0 Å². The average Bonchev–Trinajstić information content (AvgIpc) is 3.44. The number of hydrogen-bond acceptors (Lipinski definition) is 1. The Morgan fingerprint density at radius 1 is 0.174 bits per heavy atom. The maximum atomic E-state index is 2.37. The molecular weight excluding hydrogens is 831 g/mol. The van der Waals surface area contributed by atoms with Crippen LogP contribution in [-0.2, 0) is 0 Å². The van der Waals surface area contributed by atoms with Gasteiger partial charge in [-0.05, 0) is 142 Å². The van der Waals surface area contributed by atoms with Crippen molar-refractivity contribution in [2.45, 2.75) is 0 Å². The van der Waals surface area contributed by atoms with Gasteiger partial charge in [0.25, 0.3) is 0 Å². The van der Waals surface area contributed by atoms with Crippen molar-refractivity contribution < 1.29 is 0 Å². The summed E-state index contributed by atoms with van der Waals surface area (Å²) < 4.78 is 0. The van der Waals surface area contributed by atoms with Crippen LogP contribution in [0, 0.1) is 0 Å². The topological polar surface area (TPSA) is 3.24 Å². The molecule has 0 amide bonds. The van der Waals surface area contributed by atoms with E-state index in [-0.39, 0.29) is 0 Å². The highest BCUT2D eigenvalue weighted by Crippen LogP contribution is 2.44. The molecule has 1 heteroatoms. The van der Waals surface area contributed by atoms with Crippen molar-refractivity contribution in [2.75, 3.05) is 4.90 Å². The minimum Gasteiger partial charge on any atom is -0.311 e. The first kappa shape index (κ1) is 41.4. The number of benzene rings is 12. The van der Waals surface area contributed by atoms with Crippen LogP contribution in [-0.4, -0.2) is 0 Å². The predicted molar refractivity (Wildman–Crippen MR) is 294 cm³/mol. The van der Waals surface area contributed by atoms with Gasteiger partial charge in [-0.2, -0.15) is 0 Å². The summed E-state index contributed by atoms with van der Waals surface area (Å²) in [6.07, 6.45) is 0. The molecule has 0 heterocycles. The fourth-order valence-electron chi connectivity index (χ4n) is 10.1. The summed E-state index contributed by atoms with van der Waals surface area (Å²) in [5.41, 5.74) is 20.1. The molecule has 0 bridgehead atoms. The third-order valence-electron chi connectivity index (χ3n) is 13.5. The van der Waals surface area contributed by atoms with E-state index in [0.29, 0.717) is 0 Å². The third kappa shape index (κ3) is 8.07. The average molecular weight is 878 g/mol. The minimum atomic E-state index is 1.08. The van der Waals surface area contributed by atoms with Crippen LogP contribution >= 0.6 is 0 Å². The zero-order valence-corrected chi connectivity index (χ0v) is 38.1. The second-order valence-electron chi connectivity index (χ2n) is 17.6. The van der Waals surface area contributed by atoms with E-state index in [4.69, 9.17) is 0 Å². The van der Waals surface area contributed by atoms with Gasteiger partial charge in [0, 0.05) is 17.1 Å². The molecule has 0 atom stereocenters. The van der Waals surface area contributed by atoms with E-state index in [2.05, 4.69) is 290 Å². The molecule has 12 aromatic carbocycles. The Hall–Kier alpha value is -9.04. The monoisotopic (exact) mass is 877 g/mol. The zero-order valence-electron chi connectivity index (χ0n) is 38.1. The van der Waals surface area contributed by atoms with E-state index in [1.54, 1.807) is 0 Å². The van der Waals surface area contributed by atoms with Crippen LogP contribution in [0.1, 0.15) is 0 Å². The Balaban J connectivity index is 0.923. The fourth-order valence-corrected chi connectivity index (χ4v) is 10.1. The Morgan fingerprint density at radius 2 is 0.464 bits per heavy atom. The lowest BCUT2D eigenvalue weighted by Crippen LogP contribution is -2.09. The highest BCUT2D eigenvalue weighted by Gasteiger charge is 2.18. The van der Waals surface area contributed by atoms with Crippen LogP contribution in [0.3, 0.4) is 0 Å². The third-order valence-corrected chi connectivity index (χ3v) is 13.5. The fraction of sp³-hybridized carbons (Fsp3) is 0. The van der Waals surface area contributed by atoms with E-state index in [1.165, 1.54) is 93.9 Å². The van der Waals surface area contributed by atoms with Gasteiger partial charge in [-0.15, -0.1) is 0 Å². The number of nitrogens with zero attached hydrogens (tertiary/aromatic N) is 1. The maximum Gasteiger partial charge on any atom is 0.0462 e. The number of rotatable bonds is 10. The summed E-state index contributed by atoms with van der Waals surface area (Å²) in [5.74, 6) is 0. The number of hydrogen-bond donors (Lipinski definition) is 0. The van der Waals surface area contributed by atoms with Gasteiger partial charge in [-0.25, -0.2) is 0 Å². The summed E-state index contributed by atoms with van der Waals surface area (Å²) in [7, 11) is 0. The van der Waals surface area contributed by atoms with Crippen molar-refractivity contribution in [1.82, 2.24) is 0 Å². The van der Waals surface area contributed by atoms with Crippen molar-refractivity contribution >= 4 is 38.6 Å². The first-order valence-corrected chi connectivity index (χ1v) is 23.7. The lowest BCUT2D eigenvalue weighted by molar-refractivity contribution is 1.28. The van der Waals surface area contributed by atoms with Gasteiger partial charge < -0.3 is 4.90 Å². The molecular formula is C68H47N. The lowest BCUT2D eigenvalue weighted by Gasteiger charge is -2.26. The van der Waals surface area contributed by atoms with Crippen LogP contribution in [0.25, 0.3) is 99.4 Å². The molecule has 0 N–H and O–H groups in total. The molecule has 1 nitrogen and oxygen atoms in total.